The van der Waals surface area contributed by atoms with Gasteiger partial charge in [-0.25, -0.2) is 4.68 Å². The van der Waals surface area contributed by atoms with Crippen LogP contribution in [0.4, 0.5) is 0 Å². The molecule has 0 radical (unpaired) electrons. The number of hydrogen-bond donors (Lipinski definition) is 1. The molecule has 5 nitrogen and oxygen atoms in total. The molecule has 5 heteroatoms. The zero-order valence-corrected chi connectivity index (χ0v) is 9.83. The summed E-state index contributed by atoms with van der Waals surface area (Å²) in [6.07, 6.45) is -0.297. The Kier molecular flexibility index (Phi) is 3.23. The van der Waals surface area contributed by atoms with Crippen molar-refractivity contribution < 1.29 is 9.90 Å². The maximum Gasteiger partial charge on any atom is 0.308 e. The van der Waals surface area contributed by atoms with E-state index in [0.29, 0.717) is 5.69 Å². The molecule has 0 amide bonds. The first-order valence-corrected chi connectivity index (χ1v) is 5.42. The molecule has 0 atom stereocenters. The largest absolute Gasteiger partial charge is 0.481 e. The Bertz CT molecular complexity index is 632. The zero-order chi connectivity index (χ0) is 13.1. The average molecular weight is 244 g/mol. The lowest BCUT2D eigenvalue weighted by molar-refractivity contribution is -0.136. The van der Waals surface area contributed by atoms with Crippen molar-refractivity contribution in [2.75, 3.05) is 0 Å². The number of nitrogens with zero attached hydrogens (tertiary/aromatic N) is 2. The van der Waals surface area contributed by atoms with Gasteiger partial charge in [0.2, 0.25) is 0 Å². The minimum Gasteiger partial charge on any atom is -0.481 e. The molecule has 1 aromatic carbocycles. The highest BCUT2D eigenvalue weighted by molar-refractivity contribution is 5.71. The maximum atomic E-state index is 11.7. The van der Waals surface area contributed by atoms with E-state index in [0.717, 1.165) is 5.56 Å². The molecule has 0 aliphatic heterocycles. The maximum absolute atomic E-state index is 11.7. The number of aryl methyl sites for hydroxylation is 1. The van der Waals surface area contributed by atoms with Crippen molar-refractivity contribution in [1.29, 1.82) is 0 Å². The van der Waals surface area contributed by atoms with Gasteiger partial charge in [0.15, 0.2) is 0 Å². The SMILES string of the molecule is Cn1nc(-c2ccccc2)cc(CC(=O)O)c1=O. The number of rotatable bonds is 3. The second-order valence-electron chi connectivity index (χ2n) is 3.92. The van der Waals surface area contributed by atoms with Crippen LogP contribution in [0.25, 0.3) is 11.3 Å². The summed E-state index contributed by atoms with van der Waals surface area (Å²) in [5.41, 5.74) is 1.30. The summed E-state index contributed by atoms with van der Waals surface area (Å²) in [5, 5.41) is 12.9. The number of hydrogen-bond acceptors (Lipinski definition) is 3. The van der Waals surface area contributed by atoms with Gasteiger partial charge in [-0.1, -0.05) is 30.3 Å². The zero-order valence-electron chi connectivity index (χ0n) is 9.83. The highest BCUT2D eigenvalue weighted by Crippen LogP contribution is 2.15. The van der Waals surface area contributed by atoms with Crippen LogP contribution in [0.2, 0.25) is 0 Å². The van der Waals surface area contributed by atoms with Gasteiger partial charge >= 0.3 is 5.97 Å². The highest BCUT2D eigenvalue weighted by Gasteiger charge is 2.10. The summed E-state index contributed by atoms with van der Waals surface area (Å²) in [7, 11) is 1.51. The van der Waals surface area contributed by atoms with Crippen LogP contribution < -0.4 is 5.56 Å². The second-order valence-corrected chi connectivity index (χ2v) is 3.92. The molecule has 0 fully saturated rings. The lowest BCUT2D eigenvalue weighted by Gasteiger charge is -2.06. The van der Waals surface area contributed by atoms with E-state index in [1.807, 2.05) is 30.3 Å². The van der Waals surface area contributed by atoms with Gasteiger partial charge in [-0.2, -0.15) is 5.10 Å². The predicted molar refractivity (Wildman–Crippen MR) is 66.3 cm³/mol. The number of carbonyl (C=O) groups is 1. The van der Waals surface area contributed by atoms with Gasteiger partial charge in [-0.05, 0) is 6.07 Å². The molecular weight excluding hydrogens is 232 g/mol. The van der Waals surface area contributed by atoms with Gasteiger partial charge in [0.05, 0.1) is 12.1 Å². The predicted octanol–water partition coefficient (Wildman–Crippen LogP) is 1.07. The van der Waals surface area contributed by atoms with Crippen LogP contribution in [0.5, 0.6) is 0 Å². The quantitative estimate of drug-likeness (QED) is 0.876. The van der Waals surface area contributed by atoms with Crippen molar-refractivity contribution in [2.45, 2.75) is 6.42 Å². The Balaban J connectivity index is 2.54. The van der Waals surface area contributed by atoms with Crippen LogP contribution in [0.3, 0.4) is 0 Å². The molecule has 1 heterocycles. The van der Waals surface area contributed by atoms with E-state index in [9.17, 15) is 9.59 Å². The van der Waals surface area contributed by atoms with E-state index in [1.54, 1.807) is 0 Å². The highest BCUT2D eigenvalue weighted by atomic mass is 16.4. The Hall–Kier alpha value is -2.43. The van der Waals surface area contributed by atoms with E-state index in [1.165, 1.54) is 17.8 Å². The fraction of sp³-hybridized carbons (Fsp3) is 0.154. The summed E-state index contributed by atoms with van der Waals surface area (Å²) in [5.74, 6) is -1.03. The average Bonchev–Trinajstić information content (AvgIpc) is 2.35. The molecule has 0 saturated carbocycles. The van der Waals surface area contributed by atoms with Crippen molar-refractivity contribution in [2.24, 2.45) is 7.05 Å². The summed E-state index contributed by atoms with van der Waals surface area (Å²) in [6.45, 7) is 0. The van der Waals surface area contributed by atoms with Crippen LogP contribution in [0.1, 0.15) is 5.56 Å². The van der Waals surface area contributed by atoms with Crippen LogP contribution in [-0.2, 0) is 18.3 Å². The van der Waals surface area contributed by atoms with Gasteiger partial charge in [-0.15, -0.1) is 0 Å². The molecule has 0 spiro atoms. The van der Waals surface area contributed by atoms with Gasteiger partial charge in [-0.3, -0.25) is 9.59 Å². The molecule has 2 rings (SSSR count). The minimum atomic E-state index is -1.03. The third-order valence-corrected chi connectivity index (χ3v) is 2.55. The molecule has 2 aromatic rings. The molecule has 0 bridgehead atoms. The lowest BCUT2D eigenvalue weighted by atomic mass is 10.1. The number of carboxylic acid groups (broad SMARTS) is 1. The summed E-state index contributed by atoms with van der Waals surface area (Å²) >= 11 is 0. The van der Waals surface area contributed by atoms with Crippen molar-refractivity contribution in [3.05, 3.63) is 52.3 Å². The number of benzene rings is 1. The van der Waals surface area contributed by atoms with Crippen molar-refractivity contribution in [3.8, 4) is 11.3 Å². The molecule has 0 aliphatic carbocycles. The van der Waals surface area contributed by atoms with E-state index >= 15 is 0 Å². The van der Waals surface area contributed by atoms with E-state index in [-0.39, 0.29) is 17.5 Å². The number of aromatic nitrogens is 2. The fourth-order valence-electron chi connectivity index (χ4n) is 1.71. The van der Waals surface area contributed by atoms with Gasteiger partial charge in [0.1, 0.15) is 0 Å². The van der Waals surface area contributed by atoms with Gasteiger partial charge in [0, 0.05) is 18.2 Å². The Labute approximate surface area is 103 Å². The smallest absolute Gasteiger partial charge is 0.308 e. The first-order chi connectivity index (χ1) is 8.58. The summed E-state index contributed by atoms with van der Waals surface area (Å²) < 4.78 is 1.17. The van der Waals surface area contributed by atoms with Gasteiger partial charge in [0.25, 0.3) is 5.56 Å². The molecule has 18 heavy (non-hydrogen) atoms. The minimum absolute atomic E-state index is 0.235. The van der Waals surface area contributed by atoms with E-state index < -0.39 is 5.97 Å². The van der Waals surface area contributed by atoms with Crippen molar-refractivity contribution >= 4 is 5.97 Å². The topological polar surface area (TPSA) is 72.2 Å². The van der Waals surface area contributed by atoms with Crippen LogP contribution in [-0.4, -0.2) is 20.9 Å². The van der Waals surface area contributed by atoms with Crippen molar-refractivity contribution in [1.82, 2.24) is 9.78 Å². The summed E-state index contributed by atoms with van der Waals surface area (Å²) in [6, 6.07) is 10.8. The van der Waals surface area contributed by atoms with Crippen LogP contribution in [0, 0.1) is 0 Å². The van der Waals surface area contributed by atoms with Crippen LogP contribution in [0.15, 0.2) is 41.2 Å². The molecule has 0 unspecified atom stereocenters. The second kappa shape index (κ2) is 4.83. The first kappa shape index (κ1) is 12.0. The van der Waals surface area contributed by atoms with Crippen LogP contribution >= 0.6 is 0 Å². The molecule has 1 aromatic heterocycles. The third-order valence-electron chi connectivity index (χ3n) is 2.55. The molecule has 0 aliphatic rings. The Morgan fingerprint density at radius 1 is 1.33 bits per heavy atom. The normalized spacial score (nSPS) is 10.3. The summed E-state index contributed by atoms with van der Waals surface area (Å²) in [4.78, 5) is 22.4. The lowest BCUT2D eigenvalue weighted by Crippen LogP contribution is -2.25. The van der Waals surface area contributed by atoms with E-state index in [2.05, 4.69) is 5.10 Å². The molecule has 1 N–H and O–H groups in total. The molecule has 0 saturated heterocycles. The monoisotopic (exact) mass is 244 g/mol. The standard InChI is InChI=1S/C13H12N2O3/c1-15-13(18)10(8-12(16)17)7-11(14-15)9-5-3-2-4-6-9/h2-7H,8H2,1H3,(H,16,17). The van der Waals surface area contributed by atoms with Crippen molar-refractivity contribution in [3.63, 3.8) is 0 Å². The first-order valence-electron chi connectivity index (χ1n) is 5.42. The fourth-order valence-corrected chi connectivity index (χ4v) is 1.71. The molecule has 92 valence electrons. The van der Waals surface area contributed by atoms with Gasteiger partial charge < -0.3 is 5.11 Å². The molecular formula is C13H12N2O3. The number of aliphatic carboxylic acids is 1. The Morgan fingerprint density at radius 2 is 2.00 bits per heavy atom. The van der Waals surface area contributed by atoms with E-state index in [4.69, 9.17) is 5.11 Å². The Morgan fingerprint density at radius 3 is 2.61 bits per heavy atom. The third kappa shape index (κ3) is 2.45. The number of carboxylic acids is 1.